The maximum atomic E-state index is 4.38. The van der Waals surface area contributed by atoms with Crippen LogP contribution in [0.2, 0.25) is 0 Å². The molecule has 0 saturated heterocycles. The van der Waals surface area contributed by atoms with Crippen molar-refractivity contribution in [1.82, 2.24) is 9.97 Å². The highest BCUT2D eigenvalue weighted by atomic mass is 32.1. The van der Waals surface area contributed by atoms with Crippen LogP contribution >= 0.6 is 11.3 Å². The van der Waals surface area contributed by atoms with Crippen LogP contribution in [0.4, 0.5) is 16.5 Å². The highest BCUT2D eigenvalue weighted by molar-refractivity contribution is 7.15. The van der Waals surface area contributed by atoms with E-state index < -0.39 is 0 Å². The number of aromatic nitrogens is 3. The van der Waals surface area contributed by atoms with Crippen molar-refractivity contribution in [3.05, 3.63) is 53.6 Å². The van der Waals surface area contributed by atoms with Gasteiger partial charge in [0, 0.05) is 30.1 Å². The molecule has 136 valence electrons. The van der Waals surface area contributed by atoms with E-state index in [0.717, 1.165) is 37.4 Å². The first kappa shape index (κ1) is 18.3. The Kier molecular flexibility index (Phi) is 6.12. The van der Waals surface area contributed by atoms with Crippen LogP contribution in [0.25, 0.3) is 0 Å². The van der Waals surface area contributed by atoms with Crippen LogP contribution in [0.15, 0.2) is 53.2 Å². The van der Waals surface area contributed by atoms with Crippen molar-refractivity contribution < 1.29 is 4.57 Å². The minimum absolute atomic E-state index is 0.710. The minimum atomic E-state index is 0.710. The van der Waals surface area contributed by atoms with Crippen LogP contribution < -0.4 is 9.47 Å². The topological polar surface area (TPSA) is 60.5 Å². The van der Waals surface area contributed by atoms with Gasteiger partial charge in [-0.1, -0.05) is 11.3 Å². The number of rotatable bonds is 8. The Hall–Kier alpha value is -2.54. The van der Waals surface area contributed by atoms with Gasteiger partial charge in [0.1, 0.15) is 12.4 Å². The zero-order valence-electron chi connectivity index (χ0n) is 15.5. The number of aromatic amines is 1. The van der Waals surface area contributed by atoms with Gasteiger partial charge in [-0.3, -0.25) is 4.98 Å². The van der Waals surface area contributed by atoms with E-state index in [0.29, 0.717) is 5.13 Å². The molecule has 0 bridgehead atoms. The van der Waals surface area contributed by atoms with Gasteiger partial charge in [0.25, 0.3) is 0 Å². The van der Waals surface area contributed by atoms with Crippen LogP contribution in [-0.2, 0) is 6.54 Å². The second kappa shape index (κ2) is 8.71. The molecule has 0 aliphatic rings. The molecule has 2 aromatic heterocycles. The Morgan fingerprint density at radius 1 is 1.19 bits per heavy atom. The molecule has 6 nitrogen and oxygen atoms in total. The summed E-state index contributed by atoms with van der Waals surface area (Å²) in [5, 5.41) is 9.25. The smallest absolute Gasteiger partial charge is 0.241 e. The largest absolute Gasteiger partial charge is 0.372 e. The summed E-state index contributed by atoms with van der Waals surface area (Å²) < 4.78 is 2.17. The second-order valence-corrected chi connectivity index (χ2v) is 7.32. The van der Waals surface area contributed by atoms with Crippen molar-refractivity contribution in [1.29, 1.82) is 0 Å². The zero-order chi connectivity index (χ0) is 18.4. The number of thiazole rings is 1. The van der Waals surface area contributed by atoms with Crippen LogP contribution in [-0.4, -0.2) is 23.1 Å². The standard InChI is InChI=1S/C19H24N6S/c1-4-25(12-5-11-24-13-10-20-14-24)18-8-6-17(7-9-18)22-23-19-21-15(2)16(3)26-19/h6-10,13-14H,4-5,11-12H2,1-3H3/p+1. The van der Waals surface area contributed by atoms with Crippen molar-refractivity contribution in [2.24, 2.45) is 10.2 Å². The van der Waals surface area contributed by atoms with Gasteiger partial charge in [0.05, 0.1) is 17.9 Å². The van der Waals surface area contributed by atoms with Gasteiger partial charge < -0.3 is 4.90 Å². The average molecular weight is 370 g/mol. The molecule has 0 aliphatic carbocycles. The molecule has 3 rings (SSSR count). The van der Waals surface area contributed by atoms with E-state index in [1.807, 2.05) is 31.6 Å². The van der Waals surface area contributed by atoms with E-state index in [1.54, 1.807) is 11.3 Å². The Morgan fingerprint density at radius 3 is 2.62 bits per heavy atom. The fraction of sp³-hybridized carbons (Fsp3) is 0.368. The SMILES string of the molecule is CCN(CCC[n+]1cc[nH]c1)c1ccc(N=Nc2nc(C)c(C)s2)cc1. The highest BCUT2D eigenvalue weighted by Crippen LogP contribution is 2.27. The maximum absolute atomic E-state index is 4.38. The molecule has 0 radical (unpaired) electrons. The third-order valence-electron chi connectivity index (χ3n) is 4.31. The quantitative estimate of drug-likeness (QED) is 0.462. The summed E-state index contributed by atoms with van der Waals surface area (Å²) >= 11 is 1.57. The normalized spacial score (nSPS) is 11.3. The summed E-state index contributed by atoms with van der Waals surface area (Å²) in [4.78, 5) is 11.0. The van der Waals surface area contributed by atoms with Crippen molar-refractivity contribution in [2.45, 2.75) is 33.7 Å². The number of H-pyrrole nitrogens is 1. The van der Waals surface area contributed by atoms with E-state index in [1.165, 1.54) is 10.6 Å². The molecule has 2 heterocycles. The lowest BCUT2D eigenvalue weighted by Gasteiger charge is -2.22. The molecular weight excluding hydrogens is 344 g/mol. The molecule has 0 aliphatic heterocycles. The molecule has 7 heteroatoms. The Labute approximate surface area is 158 Å². The van der Waals surface area contributed by atoms with Gasteiger partial charge >= 0.3 is 0 Å². The first-order chi connectivity index (χ1) is 12.7. The first-order valence-electron chi connectivity index (χ1n) is 8.88. The first-order valence-corrected chi connectivity index (χ1v) is 9.70. The summed E-state index contributed by atoms with van der Waals surface area (Å²) in [7, 11) is 0. The monoisotopic (exact) mass is 369 g/mol. The molecule has 0 unspecified atom stereocenters. The number of hydrogen-bond donors (Lipinski definition) is 1. The fourth-order valence-electron chi connectivity index (χ4n) is 2.70. The Bertz CT molecular complexity index is 816. The fourth-order valence-corrected chi connectivity index (χ4v) is 3.43. The molecule has 0 spiro atoms. The highest BCUT2D eigenvalue weighted by Gasteiger charge is 2.06. The van der Waals surface area contributed by atoms with Gasteiger partial charge in [0.2, 0.25) is 11.5 Å². The van der Waals surface area contributed by atoms with E-state index in [4.69, 9.17) is 0 Å². The van der Waals surface area contributed by atoms with Crippen LogP contribution in [0.3, 0.4) is 0 Å². The number of nitrogens with one attached hydrogen (secondary N) is 1. The molecule has 3 aromatic rings. The second-order valence-electron chi connectivity index (χ2n) is 6.14. The lowest BCUT2D eigenvalue weighted by atomic mass is 10.2. The zero-order valence-corrected chi connectivity index (χ0v) is 16.3. The molecule has 1 N–H and O–H groups in total. The number of hydrogen-bond acceptors (Lipinski definition) is 5. The molecule has 0 saturated carbocycles. The lowest BCUT2D eigenvalue weighted by Crippen LogP contribution is -2.33. The number of anilines is 1. The average Bonchev–Trinajstić information content (AvgIpc) is 3.28. The number of imidazole rings is 1. The van der Waals surface area contributed by atoms with Gasteiger partial charge in [0.15, 0.2) is 0 Å². The third-order valence-corrected chi connectivity index (χ3v) is 5.27. The summed E-state index contributed by atoms with van der Waals surface area (Å²) in [5.74, 6) is 0. The van der Waals surface area contributed by atoms with E-state index >= 15 is 0 Å². The summed E-state index contributed by atoms with van der Waals surface area (Å²) in [6, 6.07) is 8.24. The van der Waals surface area contributed by atoms with E-state index in [-0.39, 0.29) is 0 Å². The summed E-state index contributed by atoms with van der Waals surface area (Å²) in [6.07, 6.45) is 7.09. The Morgan fingerprint density at radius 2 is 2.00 bits per heavy atom. The lowest BCUT2D eigenvalue weighted by molar-refractivity contribution is -0.695. The van der Waals surface area contributed by atoms with E-state index in [9.17, 15) is 0 Å². The third kappa shape index (κ3) is 4.76. The maximum Gasteiger partial charge on any atom is 0.241 e. The van der Waals surface area contributed by atoms with Crippen LogP contribution in [0.1, 0.15) is 23.9 Å². The predicted molar refractivity (Wildman–Crippen MR) is 106 cm³/mol. The van der Waals surface area contributed by atoms with Gasteiger partial charge in [-0.25, -0.2) is 9.55 Å². The number of aryl methyl sites for hydroxylation is 3. The van der Waals surface area contributed by atoms with Gasteiger partial charge in [-0.15, -0.1) is 10.2 Å². The van der Waals surface area contributed by atoms with Crippen LogP contribution in [0.5, 0.6) is 0 Å². The van der Waals surface area contributed by atoms with Crippen LogP contribution in [0, 0.1) is 13.8 Å². The van der Waals surface area contributed by atoms with Gasteiger partial charge in [-0.2, -0.15) is 0 Å². The van der Waals surface area contributed by atoms with Gasteiger partial charge in [-0.05, 0) is 45.0 Å². The molecular formula is C19H25N6S+. The molecule has 0 atom stereocenters. The molecule has 0 amide bonds. The Balaban J connectivity index is 1.57. The van der Waals surface area contributed by atoms with Crippen molar-refractivity contribution >= 4 is 27.8 Å². The predicted octanol–water partition coefficient (Wildman–Crippen LogP) is 4.71. The summed E-state index contributed by atoms with van der Waals surface area (Å²) in [6.45, 7) is 9.24. The van der Waals surface area contributed by atoms with Crippen molar-refractivity contribution in [3.63, 3.8) is 0 Å². The number of azo groups is 1. The minimum Gasteiger partial charge on any atom is -0.372 e. The molecule has 0 fully saturated rings. The summed E-state index contributed by atoms with van der Waals surface area (Å²) in [5.41, 5.74) is 3.08. The number of benzene rings is 1. The van der Waals surface area contributed by atoms with Crippen molar-refractivity contribution in [2.75, 3.05) is 18.0 Å². The van der Waals surface area contributed by atoms with Crippen molar-refractivity contribution in [3.8, 4) is 0 Å². The molecule has 26 heavy (non-hydrogen) atoms. The number of nitrogens with zero attached hydrogens (tertiary/aromatic N) is 5. The van der Waals surface area contributed by atoms with E-state index in [2.05, 4.69) is 61.8 Å². The molecule has 1 aromatic carbocycles.